The molecular weight excluding hydrogens is 274 g/mol. The minimum absolute atomic E-state index is 0.143. The van der Waals surface area contributed by atoms with Gasteiger partial charge in [-0.05, 0) is 24.8 Å². The molecule has 0 saturated heterocycles. The van der Waals surface area contributed by atoms with Crippen LogP contribution in [0.3, 0.4) is 0 Å². The Morgan fingerprint density at radius 2 is 2.14 bits per heavy atom. The predicted molar refractivity (Wildman–Crippen MR) is 89.3 cm³/mol. The van der Waals surface area contributed by atoms with Crippen molar-refractivity contribution in [2.24, 2.45) is 5.92 Å². The van der Waals surface area contributed by atoms with E-state index in [-0.39, 0.29) is 5.91 Å². The van der Waals surface area contributed by atoms with Gasteiger partial charge in [0.25, 0.3) is 0 Å². The Bertz CT molecular complexity index is 504. The predicted octanol–water partition coefficient (Wildman–Crippen LogP) is 1.92. The van der Waals surface area contributed by atoms with Crippen molar-refractivity contribution in [3.8, 4) is 0 Å². The summed E-state index contributed by atoms with van der Waals surface area (Å²) in [6.07, 6.45) is 15.0. The first kappa shape index (κ1) is 15.3. The van der Waals surface area contributed by atoms with Gasteiger partial charge in [-0.3, -0.25) is 4.79 Å². The lowest BCUT2D eigenvalue weighted by Crippen LogP contribution is -2.34. The van der Waals surface area contributed by atoms with Crippen LogP contribution in [0.4, 0.5) is 0 Å². The van der Waals surface area contributed by atoms with Gasteiger partial charge in [-0.1, -0.05) is 24.3 Å². The van der Waals surface area contributed by atoms with Crippen molar-refractivity contribution in [3.05, 3.63) is 36.1 Å². The molecule has 2 aliphatic carbocycles. The molecule has 1 aliphatic heterocycles. The highest BCUT2D eigenvalue weighted by atomic mass is 16.2. The smallest absolute Gasteiger partial charge is 0.219 e. The van der Waals surface area contributed by atoms with Crippen molar-refractivity contribution in [2.45, 2.75) is 38.3 Å². The number of carbonyl (C=O) groups is 1. The van der Waals surface area contributed by atoms with Crippen molar-refractivity contribution in [2.75, 3.05) is 26.7 Å². The van der Waals surface area contributed by atoms with Crippen molar-refractivity contribution in [1.82, 2.24) is 15.1 Å². The van der Waals surface area contributed by atoms with E-state index in [9.17, 15) is 4.79 Å². The zero-order valence-corrected chi connectivity index (χ0v) is 13.7. The van der Waals surface area contributed by atoms with E-state index in [4.69, 9.17) is 0 Å². The Hall–Kier alpha value is -1.55. The van der Waals surface area contributed by atoms with E-state index < -0.39 is 0 Å². The lowest BCUT2D eigenvalue weighted by atomic mass is 9.91. The lowest BCUT2D eigenvalue weighted by Gasteiger charge is -2.28. The molecule has 1 fully saturated rings. The monoisotopic (exact) mass is 301 g/mol. The van der Waals surface area contributed by atoms with Crippen LogP contribution in [-0.4, -0.2) is 54.5 Å². The molecule has 1 N–H and O–H groups in total. The molecule has 1 amide bonds. The second-order valence-electron chi connectivity index (χ2n) is 6.68. The second-order valence-corrected chi connectivity index (χ2v) is 6.68. The van der Waals surface area contributed by atoms with Crippen LogP contribution < -0.4 is 5.32 Å². The zero-order valence-electron chi connectivity index (χ0n) is 13.7. The SMILES string of the molecule is CC(=O)N(C)CCCN1C=C(CNC2CC2)C2C=CC=CC21. The molecule has 4 nitrogen and oxygen atoms in total. The van der Waals surface area contributed by atoms with E-state index in [0.717, 1.165) is 32.1 Å². The van der Waals surface area contributed by atoms with Gasteiger partial charge in [0.2, 0.25) is 5.91 Å². The summed E-state index contributed by atoms with van der Waals surface area (Å²) in [7, 11) is 1.87. The molecule has 4 heteroatoms. The Labute approximate surface area is 133 Å². The molecule has 0 bridgehead atoms. The van der Waals surface area contributed by atoms with Crippen molar-refractivity contribution >= 4 is 5.91 Å². The van der Waals surface area contributed by atoms with Crippen LogP contribution in [0.1, 0.15) is 26.2 Å². The fourth-order valence-electron chi connectivity index (χ4n) is 3.21. The highest BCUT2D eigenvalue weighted by molar-refractivity contribution is 5.72. The number of carbonyl (C=O) groups excluding carboxylic acids is 1. The van der Waals surface area contributed by atoms with Crippen LogP contribution in [0, 0.1) is 5.92 Å². The molecule has 3 aliphatic rings. The minimum Gasteiger partial charge on any atom is -0.370 e. The number of rotatable bonds is 7. The van der Waals surface area contributed by atoms with Crippen molar-refractivity contribution in [3.63, 3.8) is 0 Å². The number of hydrogen-bond acceptors (Lipinski definition) is 3. The first-order valence-corrected chi connectivity index (χ1v) is 8.41. The van der Waals surface area contributed by atoms with Crippen molar-refractivity contribution in [1.29, 1.82) is 0 Å². The van der Waals surface area contributed by atoms with Gasteiger partial charge in [-0.15, -0.1) is 0 Å². The fraction of sp³-hybridized carbons (Fsp3) is 0.611. The molecule has 2 unspecified atom stereocenters. The van der Waals surface area contributed by atoms with Crippen LogP contribution >= 0.6 is 0 Å². The molecule has 22 heavy (non-hydrogen) atoms. The average molecular weight is 301 g/mol. The van der Waals surface area contributed by atoms with E-state index in [0.29, 0.717) is 12.0 Å². The maximum Gasteiger partial charge on any atom is 0.219 e. The van der Waals surface area contributed by atoms with Gasteiger partial charge in [0.05, 0.1) is 6.04 Å². The Morgan fingerprint density at radius 3 is 2.86 bits per heavy atom. The number of fused-ring (bicyclic) bond motifs is 1. The molecule has 2 atom stereocenters. The summed E-state index contributed by atoms with van der Waals surface area (Å²) in [5.41, 5.74) is 1.50. The standard InChI is InChI=1S/C18H27N3O/c1-14(22)20(2)10-5-11-21-13-15(12-19-16-8-9-16)17-6-3-4-7-18(17)21/h3-4,6-7,13,16-19H,5,8-12H2,1-2H3. The van der Waals surface area contributed by atoms with Gasteiger partial charge in [0.15, 0.2) is 0 Å². The summed E-state index contributed by atoms with van der Waals surface area (Å²) >= 11 is 0. The van der Waals surface area contributed by atoms with E-state index >= 15 is 0 Å². The summed E-state index contributed by atoms with van der Waals surface area (Å²) in [6.45, 7) is 4.46. The number of allylic oxidation sites excluding steroid dienone is 2. The van der Waals surface area contributed by atoms with E-state index in [1.54, 1.807) is 11.8 Å². The summed E-state index contributed by atoms with van der Waals surface area (Å²) in [5.74, 6) is 0.659. The number of amides is 1. The first-order chi connectivity index (χ1) is 10.6. The third-order valence-corrected chi connectivity index (χ3v) is 4.87. The van der Waals surface area contributed by atoms with E-state index in [1.165, 1.54) is 18.4 Å². The Balaban J connectivity index is 1.55. The molecule has 0 spiro atoms. The normalized spacial score (nSPS) is 26.1. The average Bonchev–Trinajstić information content (AvgIpc) is 3.28. The third kappa shape index (κ3) is 3.61. The highest BCUT2D eigenvalue weighted by Crippen LogP contribution is 2.33. The largest absolute Gasteiger partial charge is 0.370 e. The van der Waals surface area contributed by atoms with E-state index in [2.05, 4.69) is 40.7 Å². The van der Waals surface area contributed by atoms with Crippen LogP contribution in [0.15, 0.2) is 36.1 Å². The zero-order chi connectivity index (χ0) is 15.5. The molecule has 0 radical (unpaired) electrons. The van der Waals surface area contributed by atoms with Crippen molar-refractivity contribution < 1.29 is 4.79 Å². The maximum absolute atomic E-state index is 11.3. The minimum atomic E-state index is 0.143. The quantitative estimate of drug-likeness (QED) is 0.780. The van der Waals surface area contributed by atoms with Crippen LogP contribution in [0.5, 0.6) is 0 Å². The second kappa shape index (κ2) is 6.69. The van der Waals surface area contributed by atoms with Gasteiger partial charge >= 0.3 is 0 Å². The Kier molecular flexibility index (Phi) is 4.67. The fourth-order valence-corrected chi connectivity index (χ4v) is 3.21. The lowest BCUT2D eigenvalue weighted by molar-refractivity contribution is -0.127. The van der Waals surface area contributed by atoms with E-state index in [1.807, 2.05) is 7.05 Å². The molecule has 3 rings (SSSR count). The van der Waals surface area contributed by atoms with Crippen LogP contribution in [-0.2, 0) is 4.79 Å². The number of nitrogens with one attached hydrogen (secondary N) is 1. The molecule has 1 saturated carbocycles. The first-order valence-electron chi connectivity index (χ1n) is 8.41. The summed E-state index contributed by atoms with van der Waals surface area (Å²) < 4.78 is 0. The molecular formula is C18H27N3O. The summed E-state index contributed by atoms with van der Waals surface area (Å²) in [4.78, 5) is 15.5. The summed E-state index contributed by atoms with van der Waals surface area (Å²) in [5, 5.41) is 3.64. The molecule has 0 aromatic rings. The Morgan fingerprint density at radius 1 is 1.36 bits per heavy atom. The van der Waals surface area contributed by atoms with Gasteiger partial charge in [0, 0.05) is 51.8 Å². The summed E-state index contributed by atoms with van der Waals surface area (Å²) in [6, 6.07) is 1.21. The number of nitrogens with zero attached hydrogens (tertiary/aromatic N) is 2. The van der Waals surface area contributed by atoms with Gasteiger partial charge in [0.1, 0.15) is 0 Å². The van der Waals surface area contributed by atoms with Crippen LogP contribution in [0.2, 0.25) is 0 Å². The van der Waals surface area contributed by atoms with Gasteiger partial charge in [-0.25, -0.2) is 0 Å². The molecule has 120 valence electrons. The highest BCUT2D eigenvalue weighted by Gasteiger charge is 2.33. The molecule has 0 aromatic heterocycles. The van der Waals surface area contributed by atoms with Crippen LogP contribution in [0.25, 0.3) is 0 Å². The van der Waals surface area contributed by atoms with Gasteiger partial charge in [-0.2, -0.15) is 0 Å². The number of hydrogen-bond donors (Lipinski definition) is 1. The maximum atomic E-state index is 11.3. The van der Waals surface area contributed by atoms with Gasteiger partial charge < -0.3 is 15.1 Å². The molecule has 1 heterocycles. The molecule has 0 aromatic carbocycles. The topological polar surface area (TPSA) is 35.6 Å². The third-order valence-electron chi connectivity index (χ3n) is 4.87.